The lowest BCUT2D eigenvalue weighted by Gasteiger charge is -2.16. The summed E-state index contributed by atoms with van der Waals surface area (Å²) in [4.78, 5) is 36.0. The maximum Gasteiger partial charge on any atom is 0.275 e. The fourth-order valence-corrected chi connectivity index (χ4v) is 3.24. The van der Waals surface area contributed by atoms with Gasteiger partial charge in [0.05, 0.1) is 24.1 Å². The Morgan fingerprint density at radius 1 is 1.13 bits per heavy atom. The lowest BCUT2D eigenvalue weighted by atomic mass is 10.2. The standard InChI is InChI=1S/C21H22N8O2/c1-22-13-27(2)20(31)15-11-23-28(3)18(15)19(30)25-17-9-10-29-12-16(24-21(29)26-17)14-7-5-4-6-8-14/h4-12,22H,13H2,1-3H3,(H,24,25,26,30). The summed E-state index contributed by atoms with van der Waals surface area (Å²) in [6.45, 7) is 0.344. The molecule has 2 N–H and O–H groups in total. The molecule has 0 aliphatic carbocycles. The van der Waals surface area contributed by atoms with E-state index in [1.165, 1.54) is 15.8 Å². The molecule has 0 radical (unpaired) electrons. The van der Waals surface area contributed by atoms with Crippen LogP contribution < -0.4 is 10.6 Å². The van der Waals surface area contributed by atoms with E-state index in [0.717, 1.165) is 11.3 Å². The molecule has 2 amide bonds. The third-order valence-electron chi connectivity index (χ3n) is 4.76. The summed E-state index contributed by atoms with van der Waals surface area (Å²) < 4.78 is 3.15. The third kappa shape index (κ3) is 4.01. The minimum Gasteiger partial charge on any atom is -0.329 e. The first-order chi connectivity index (χ1) is 15.0. The summed E-state index contributed by atoms with van der Waals surface area (Å²) in [5.41, 5.74) is 2.12. The molecule has 0 atom stereocenters. The van der Waals surface area contributed by atoms with Crippen LogP contribution in [0.25, 0.3) is 17.0 Å². The fraction of sp³-hybridized carbons (Fsp3) is 0.190. The van der Waals surface area contributed by atoms with Crippen LogP contribution in [-0.2, 0) is 7.05 Å². The van der Waals surface area contributed by atoms with Crippen molar-refractivity contribution in [2.45, 2.75) is 0 Å². The third-order valence-corrected chi connectivity index (χ3v) is 4.76. The van der Waals surface area contributed by atoms with Gasteiger partial charge in [-0.15, -0.1) is 0 Å². The molecule has 0 saturated heterocycles. The maximum atomic E-state index is 12.9. The smallest absolute Gasteiger partial charge is 0.275 e. The molecule has 0 spiro atoms. The second-order valence-corrected chi connectivity index (χ2v) is 7.01. The molecule has 0 aliphatic heterocycles. The average molecular weight is 418 g/mol. The minimum atomic E-state index is -0.479. The van der Waals surface area contributed by atoms with E-state index >= 15 is 0 Å². The number of nitrogens with one attached hydrogen (secondary N) is 2. The van der Waals surface area contributed by atoms with Crippen molar-refractivity contribution >= 4 is 23.4 Å². The average Bonchev–Trinajstić information content (AvgIpc) is 3.37. The number of fused-ring (bicyclic) bond motifs is 1. The number of benzene rings is 1. The van der Waals surface area contributed by atoms with E-state index in [2.05, 4.69) is 25.7 Å². The van der Waals surface area contributed by atoms with E-state index in [1.807, 2.05) is 36.5 Å². The second kappa shape index (κ2) is 8.36. The molecule has 0 saturated carbocycles. The Morgan fingerprint density at radius 3 is 2.65 bits per heavy atom. The van der Waals surface area contributed by atoms with Gasteiger partial charge in [-0.25, -0.2) is 4.98 Å². The highest BCUT2D eigenvalue weighted by molar-refractivity contribution is 6.10. The van der Waals surface area contributed by atoms with Crippen LogP contribution in [0.4, 0.5) is 5.82 Å². The number of carbonyl (C=O) groups is 2. The molecule has 4 aromatic rings. The molecule has 1 aromatic carbocycles. The summed E-state index contributed by atoms with van der Waals surface area (Å²) in [6.07, 6.45) is 5.03. The Labute approximate surface area is 178 Å². The van der Waals surface area contributed by atoms with Gasteiger partial charge in [0.15, 0.2) is 0 Å². The van der Waals surface area contributed by atoms with Gasteiger partial charge in [-0.05, 0) is 13.1 Å². The van der Waals surface area contributed by atoms with Crippen molar-refractivity contribution in [1.82, 2.24) is 34.4 Å². The zero-order valence-corrected chi connectivity index (χ0v) is 17.4. The number of aryl methyl sites for hydroxylation is 1. The van der Waals surface area contributed by atoms with Crippen LogP contribution in [0.5, 0.6) is 0 Å². The lowest BCUT2D eigenvalue weighted by molar-refractivity contribution is 0.0781. The number of hydrogen-bond acceptors (Lipinski definition) is 6. The van der Waals surface area contributed by atoms with Crippen molar-refractivity contribution in [1.29, 1.82) is 0 Å². The Balaban J connectivity index is 1.59. The first-order valence-electron chi connectivity index (χ1n) is 9.62. The summed E-state index contributed by atoms with van der Waals surface area (Å²) in [6, 6.07) is 11.4. The first kappa shape index (κ1) is 20.2. The highest BCUT2D eigenvalue weighted by Gasteiger charge is 2.24. The van der Waals surface area contributed by atoms with E-state index in [0.29, 0.717) is 18.3 Å². The zero-order chi connectivity index (χ0) is 22.0. The summed E-state index contributed by atoms with van der Waals surface area (Å²) >= 11 is 0. The molecule has 158 valence electrons. The van der Waals surface area contributed by atoms with E-state index in [4.69, 9.17) is 0 Å². The fourth-order valence-electron chi connectivity index (χ4n) is 3.24. The van der Waals surface area contributed by atoms with Gasteiger partial charge in [-0.1, -0.05) is 30.3 Å². The number of aromatic nitrogens is 5. The largest absolute Gasteiger partial charge is 0.329 e. The van der Waals surface area contributed by atoms with E-state index < -0.39 is 5.91 Å². The van der Waals surface area contributed by atoms with Crippen molar-refractivity contribution in [2.75, 3.05) is 26.1 Å². The molecule has 10 heteroatoms. The molecular formula is C21H22N8O2. The summed E-state index contributed by atoms with van der Waals surface area (Å²) in [5, 5.41) is 9.73. The molecule has 0 fully saturated rings. The van der Waals surface area contributed by atoms with Crippen LogP contribution >= 0.6 is 0 Å². The normalized spacial score (nSPS) is 10.9. The van der Waals surface area contributed by atoms with E-state index in [9.17, 15) is 9.59 Å². The number of nitrogens with zero attached hydrogens (tertiary/aromatic N) is 6. The van der Waals surface area contributed by atoms with Crippen molar-refractivity contribution in [3.05, 3.63) is 66.2 Å². The quantitative estimate of drug-likeness (QED) is 0.461. The van der Waals surface area contributed by atoms with Gasteiger partial charge in [-0.3, -0.25) is 18.7 Å². The van der Waals surface area contributed by atoms with Crippen LogP contribution in [0.15, 0.2) is 55.0 Å². The van der Waals surface area contributed by atoms with E-state index in [-0.39, 0.29) is 17.2 Å². The highest BCUT2D eigenvalue weighted by atomic mass is 16.2. The zero-order valence-electron chi connectivity index (χ0n) is 17.4. The van der Waals surface area contributed by atoms with Crippen LogP contribution in [0.1, 0.15) is 20.8 Å². The number of imidazole rings is 1. The van der Waals surface area contributed by atoms with Crippen molar-refractivity contribution < 1.29 is 9.59 Å². The van der Waals surface area contributed by atoms with Crippen LogP contribution in [-0.4, -0.2) is 61.6 Å². The van der Waals surface area contributed by atoms with Gasteiger partial charge in [0.25, 0.3) is 11.8 Å². The SMILES string of the molecule is CNCN(C)C(=O)c1cnn(C)c1C(=O)Nc1ccn2cc(-c3ccccc3)nc2n1. The predicted molar refractivity (Wildman–Crippen MR) is 116 cm³/mol. The van der Waals surface area contributed by atoms with Gasteiger partial charge >= 0.3 is 0 Å². The molecule has 3 heterocycles. The Bertz CT molecular complexity index is 1240. The number of hydrogen-bond donors (Lipinski definition) is 2. The van der Waals surface area contributed by atoms with Crippen molar-refractivity contribution in [3.63, 3.8) is 0 Å². The van der Waals surface area contributed by atoms with Crippen molar-refractivity contribution in [3.8, 4) is 11.3 Å². The molecule has 31 heavy (non-hydrogen) atoms. The van der Waals surface area contributed by atoms with Crippen LogP contribution in [0.3, 0.4) is 0 Å². The Kier molecular flexibility index (Phi) is 5.46. The molecular weight excluding hydrogens is 396 g/mol. The molecule has 0 bridgehead atoms. The topological polar surface area (TPSA) is 109 Å². The Hall–Kier alpha value is -4.05. The van der Waals surface area contributed by atoms with Gasteiger partial charge in [-0.2, -0.15) is 10.1 Å². The highest BCUT2D eigenvalue weighted by Crippen LogP contribution is 2.19. The summed E-state index contributed by atoms with van der Waals surface area (Å²) in [7, 11) is 4.99. The second-order valence-electron chi connectivity index (χ2n) is 7.01. The molecule has 0 unspecified atom stereocenters. The van der Waals surface area contributed by atoms with Gasteiger partial charge < -0.3 is 15.5 Å². The monoisotopic (exact) mass is 418 g/mol. The minimum absolute atomic E-state index is 0.156. The van der Waals surface area contributed by atoms with Gasteiger partial charge in [0.1, 0.15) is 11.5 Å². The number of anilines is 1. The maximum absolute atomic E-state index is 12.9. The Morgan fingerprint density at radius 2 is 1.90 bits per heavy atom. The van der Waals surface area contributed by atoms with Gasteiger partial charge in [0.2, 0.25) is 5.78 Å². The predicted octanol–water partition coefficient (Wildman–Crippen LogP) is 1.63. The first-order valence-corrected chi connectivity index (χ1v) is 9.62. The molecule has 0 aliphatic rings. The molecule has 3 aromatic heterocycles. The molecule has 4 rings (SSSR count). The number of rotatable bonds is 6. The number of amides is 2. The summed E-state index contributed by atoms with van der Waals surface area (Å²) in [5.74, 6) is -0.0118. The van der Waals surface area contributed by atoms with Crippen LogP contribution in [0, 0.1) is 0 Å². The van der Waals surface area contributed by atoms with Gasteiger partial charge in [0, 0.05) is 32.1 Å². The van der Waals surface area contributed by atoms with E-state index in [1.54, 1.807) is 37.8 Å². The lowest BCUT2D eigenvalue weighted by Crippen LogP contribution is -2.35. The number of carbonyl (C=O) groups excluding carboxylic acids is 2. The molecule has 10 nitrogen and oxygen atoms in total. The van der Waals surface area contributed by atoms with Crippen LogP contribution in [0.2, 0.25) is 0 Å². The van der Waals surface area contributed by atoms with Crippen molar-refractivity contribution in [2.24, 2.45) is 7.05 Å².